The van der Waals surface area contributed by atoms with Crippen LogP contribution in [-0.4, -0.2) is 46.2 Å². The molecule has 0 saturated heterocycles. The van der Waals surface area contributed by atoms with Crippen LogP contribution in [0.15, 0.2) is 11.2 Å². The number of nitrogens with zero attached hydrogens (tertiary/aromatic N) is 3. The molecule has 7 nitrogen and oxygen atoms in total. The van der Waals surface area contributed by atoms with Crippen molar-refractivity contribution in [2.45, 2.75) is 50.1 Å². The van der Waals surface area contributed by atoms with E-state index in [0.29, 0.717) is 12.0 Å². The smallest absolute Gasteiger partial charge is 0.318 e. The van der Waals surface area contributed by atoms with E-state index in [2.05, 4.69) is 5.10 Å². The Bertz CT molecular complexity index is 634. The molecule has 118 valence electrons. The summed E-state index contributed by atoms with van der Waals surface area (Å²) in [6.07, 6.45) is 4.04. The van der Waals surface area contributed by atoms with Crippen LogP contribution in [0.2, 0.25) is 0 Å². The van der Waals surface area contributed by atoms with Crippen LogP contribution in [-0.2, 0) is 21.9 Å². The highest BCUT2D eigenvalue weighted by atomic mass is 32.2. The van der Waals surface area contributed by atoms with Gasteiger partial charge in [-0.3, -0.25) is 9.48 Å². The van der Waals surface area contributed by atoms with Gasteiger partial charge in [0.2, 0.25) is 0 Å². The first-order valence-corrected chi connectivity index (χ1v) is 8.48. The largest absolute Gasteiger partial charge is 0.480 e. The van der Waals surface area contributed by atoms with E-state index >= 15 is 0 Å². The lowest BCUT2D eigenvalue weighted by atomic mass is 10.2. The molecule has 1 saturated carbocycles. The Morgan fingerprint density at radius 1 is 1.57 bits per heavy atom. The molecule has 1 N–H and O–H groups in total. The van der Waals surface area contributed by atoms with Gasteiger partial charge in [-0.1, -0.05) is 6.92 Å². The van der Waals surface area contributed by atoms with Crippen molar-refractivity contribution in [1.29, 1.82) is 0 Å². The number of hydrogen-bond donors (Lipinski definition) is 1. The van der Waals surface area contributed by atoms with Crippen LogP contribution in [0.3, 0.4) is 0 Å². The molecule has 0 radical (unpaired) electrons. The van der Waals surface area contributed by atoms with Crippen LogP contribution in [0.25, 0.3) is 0 Å². The van der Waals surface area contributed by atoms with Crippen LogP contribution >= 0.6 is 0 Å². The predicted octanol–water partition coefficient (Wildman–Crippen LogP) is 1.17. The van der Waals surface area contributed by atoms with Crippen LogP contribution in [0, 0.1) is 0 Å². The van der Waals surface area contributed by atoms with Gasteiger partial charge >= 0.3 is 5.97 Å². The average Bonchev–Trinajstić information content (AvgIpc) is 3.17. The minimum absolute atomic E-state index is 0.131. The molecule has 0 spiro atoms. The average molecular weight is 315 g/mol. The summed E-state index contributed by atoms with van der Waals surface area (Å²) in [6.45, 7) is 3.01. The zero-order valence-electron chi connectivity index (χ0n) is 12.5. The fraction of sp³-hybridized carbons (Fsp3) is 0.692. The topological polar surface area (TPSA) is 92.5 Å². The van der Waals surface area contributed by atoms with E-state index in [1.807, 2.05) is 6.92 Å². The number of aliphatic carboxylic acids is 1. The van der Waals surface area contributed by atoms with Crippen LogP contribution in [0.5, 0.6) is 0 Å². The summed E-state index contributed by atoms with van der Waals surface area (Å²) in [6, 6.07) is -0.381. The molecular formula is C13H21N3O4S. The zero-order chi connectivity index (χ0) is 15.8. The molecule has 2 rings (SSSR count). The van der Waals surface area contributed by atoms with E-state index in [4.69, 9.17) is 5.11 Å². The maximum Gasteiger partial charge on any atom is 0.318 e. The lowest BCUT2D eigenvalue weighted by Gasteiger charge is -2.26. The normalized spacial score (nSPS) is 17.1. The van der Waals surface area contributed by atoms with Crippen LogP contribution < -0.4 is 0 Å². The Hall–Kier alpha value is -1.41. The minimum Gasteiger partial charge on any atom is -0.480 e. The van der Waals surface area contributed by atoms with Crippen molar-refractivity contribution in [1.82, 2.24) is 14.1 Å². The lowest BCUT2D eigenvalue weighted by molar-refractivity contribution is -0.137. The van der Waals surface area contributed by atoms with Gasteiger partial charge in [0.05, 0.1) is 6.20 Å². The monoisotopic (exact) mass is 315 g/mol. The van der Waals surface area contributed by atoms with Gasteiger partial charge in [-0.15, -0.1) is 0 Å². The Kier molecular flexibility index (Phi) is 4.38. The number of rotatable bonds is 7. The van der Waals surface area contributed by atoms with E-state index in [1.165, 1.54) is 4.68 Å². The van der Waals surface area contributed by atoms with E-state index in [9.17, 15) is 13.2 Å². The SMILES string of the molecule is CCC(C)N(CC(=O)O)S(=O)(=O)c1c(C2CC2)cnn1C. The summed E-state index contributed by atoms with van der Waals surface area (Å²) in [4.78, 5) is 11.0. The molecule has 1 unspecified atom stereocenters. The van der Waals surface area contributed by atoms with Gasteiger partial charge in [0, 0.05) is 18.7 Å². The third kappa shape index (κ3) is 3.11. The second-order valence-corrected chi connectivity index (χ2v) is 7.31. The second-order valence-electron chi connectivity index (χ2n) is 5.50. The van der Waals surface area contributed by atoms with Crippen molar-refractivity contribution in [3.05, 3.63) is 11.8 Å². The Morgan fingerprint density at radius 3 is 2.67 bits per heavy atom. The Morgan fingerprint density at radius 2 is 2.19 bits per heavy atom. The molecular weight excluding hydrogens is 294 g/mol. The Labute approximate surface area is 124 Å². The molecule has 8 heteroatoms. The van der Waals surface area contributed by atoms with Crippen molar-refractivity contribution in [3.8, 4) is 0 Å². The summed E-state index contributed by atoms with van der Waals surface area (Å²) >= 11 is 0. The number of sulfonamides is 1. The maximum absolute atomic E-state index is 12.9. The first kappa shape index (κ1) is 16.0. The first-order chi connectivity index (χ1) is 9.78. The molecule has 1 aliphatic rings. The molecule has 0 aliphatic heterocycles. The highest BCUT2D eigenvalue weighted by molar-refractivity contribution is 7.89. The van der Waals surface area contributed by atoms with Gasteiger partial charge in [0.15, 0.2) is 5.03 Å². The molecule has 1 fully saturated rings. The van der Waals surface area contributed by atoms with E-state index < -0.39 is 22.5 Å². The summed E-state index contributed by atoms with van der Waals surface area (Å²) in [5.41, 5.74) is 0.705. The highest BCUT2D eigenvalue weighted by Gasteiger charge is 2.38. The zero-order valence-corrected chi connectivity index (χ0v) is 13.3. The number of carbonyl (C=O) groups is 1. The number of aromatic nitrogens is 2. The van der Waals surface area contributed by atoms with E-state index in [1.54, 1.807) is 20.2 Å². The highest BCUT2D eigenvalue weighted by Crippen LogP contribution is 2.43. The summed E-state index contributed by atoms with van der Waals surface area (Å²) < 4.78 is 28.2. The summed E-state index contributed by atoms with van der Waals surface area (Å²) in [5, 5.41) is 13.2. The number of carboxylic acids is 1. The van der Waals surface area contributed by atoms with Gasteiger partial charge in [-0.25, -0.2) is 8.42 Å². The summed E-state index contributed by atoms with van der Waals surface area (Å²) in [7, 11) is -2.30. The standard InChI is InChI=1S/C13H21N3O4S/c1-4-9(2)16(8-12(17)18)21(19,20)13-11(10-5-6-10)7-14-15(13)3/h7,9-10H,4-6,8H2,1-3H3,(H,17,18). The molecule has 21 heavy (non-hydrogen) atoms. The molecule has 1 atom stereocenters. The molecule has 0 amide bonds. The Balaban J connectivity index is 2.47. The van der Waals surface area contributed by atoms with Gasteiger partial charge in [-0.05, 0) is 32.1 Å². The fourth-order valence-electron chi connectivity index (χ4n) is 2.36. The van der Waals surface area contributed by atoms with Crippen molar-refractivity contribution >= 4 is 16.0 Å². The van der Waals surface area contributed by atoms with Crippen molar-refractivity contribution in [2.24, 2.45) is 7.05 Å². The number of carboxylic acid groups (broad SMARTS) is 1. The molecule has 1 aliphatic carbocycles. The number of hydrogen-bond acceptors (Lipinski definition) is 4. The fourth-order valence-corrected chi connectivity index (χ4v) is 4.38. The molecule has 0 aromatic carbocycles. The van der Waals surface area contributed by atoms with Gasteiger partial charge in [0.1, 0.15) is 6.54 Å². The quantitative estimate of drug-likeness (QED) is 0.815. The predicted molar refractivity (Wildman–Crippen MR) is 76.5 cm³/mol. The van der Waals surface area contributed by atoms with Crippen molar-refractivity contribution in [2.75, 3.05) is 6.54 Å². The van der Waals surface area contributed by atoms with Gasteiger partial charge in [0.25, 0.3) is 10.0 Å². The molecule has 1 heterocycles. The maximum atomic E-state index is 12.9. The lowest BCUT2D eigenvalue weighted by Crippen LogP contribution is -2.42. The van der Waals surface area contributed by atoms with Gasteiger partial charge in [-0.2, -0.15) is 9.40 Å². The summed E-state index contributed by atoms with van der Waals surface area (Å²) in [5.74, 6) is -0.930. The third-order valence-corrected chi connectivity index (χ3v) is 5.95. The second kappa shape index (κ2) is 5.76. The third-order valence-electron chi connectivity index (χ3n) is 3.85. The van der Waals surface area contributed by atoms with E-state index in [-0.39, 0.29) is 17.0 Å². The van der Waals surface area contributed by atoms with Crippen molar-refractivity contribution in [3.63, 3.8) is 0 Å². The van der Waals surface area contributed by atoms with Gasteiger partial charge < -0.3 is 5.11 Å². The minimum atomic E-state index is -3.88. The van der Waals surface area contributed by atoms with Crippen LogP contribution in [0.4, 0.5) is 0 Å². The van der Waals surface area contributed by atoms with E-state index in [0.717, 1.165) is 17.1 Å². The first-order valence-electron chi connectivity index (χ1n) is 7.04. The molecule has 1 aromatic rings. The van der Waals surface area contributed by atoms with Crippen LogP contribution in [0.1, 0.15) is 44.6 Å². The molecule has 0 bridgehead atoms. The number of aryl methyl sites for hydroxylation is 1. The van der Waals surface area contributed by atoms with Crippen molar-refractivity contribution < 1.29 is 18.3 Å². The molecule has 1 aromatic heterocycles.